The van der Waals surface area contributed by atoms with Crippen LogP contribution in [0.5, 0.6) is 5.75 Å². The molecule has 0 amide bonds. The maximum absolute atomic E-state index is 12.7. The molecule has 0 radical (unpaired) electrons. The monoisotopic (exact) mass is 416 g/mol. The number of Topliss-reactive ketones (excluding diaryl/α,β-unsaturated/α-hetero) is 1. The normalized spacial score (nSPS) is 39.4. The number of aryl methyl sites for hydroxylation is 1. The fraction of sp³-hybridized carbons (Fsp3) is 0.696. The van der Waals surface area contributed by atoms with E-state index in [-0.39, 0.29) is 10.2 Å². The molecular weight excluding hydrogens is 388 g/mol. The first-order valence-corrected chi connectivity index (χ1v) is 11.5. The lowest BCUT2D eigenvalue weighted by Gasteiger charge is -2.48. The van der Waals surface area contributed by atoms with Crippen molar-refractivity contribution in [1.82, 2.24) is 0 Å². The van der Waals surface area contributed by atoms with Gasteiger partial charge in [-0.1, -0.05) is 28.9 Å². The Balaban J connectivity index is 1.40. The molecule has 5 atom stereocenters. The van der Waals surface area contributed by atoms with Gasteiger partial charge in [0, 0.05) is 5.41 Å². The Morgan fingerprint density at radius 1 is 1.15 bits per heavy atom. The molecular formula is C23H29BrO2. The van der Waals surface area contributed by atoms with E-state index < -0.39 is 0 Å². The maximum atomic E-state index is 12.7. The Bertz CT molecular complexity index is 723. The van der Waals surface area contributed by atoms with Gasteiger partial charge in [0.05, 0.1) is 10.9 Å². The molecule has 4 unspecified atom stereocenters. The zero-order valence-electron chi connectivity index (χ0n) is 15.7. The number of hydrogen-bond donors (Lipinski definition) is 0. The first-order valence-electron chi connectivity index (χ1n) is 10.5. The molecule has 4 aliphatic carbocycles. The number of fused-ring (bicyclic) bond motifs is 5. The summed E-state index contributed by atoms with van der Waals surface area (Å²) in [6, 6.07) is 6.88. The average Bonchev–Trinajstić information content (AvgIpc) is 3.23. The van der Waals surface area contributed by atoms with Crippen molar-refractivity contribution in [2.24, 2.45) is 17.3 Å². The number of carbonyl (C=O) groups excluding carboxylic acids is 1. The molecule has 3 saturated carbocycles. The fourth-order valence-corrected chi connectivity index (χ4v) is 7.50. The van der Waals surface area contributed by atoms with Gasteiger partial charge in [-0.2, -0.15) is 0 Å². The molecule has 0 aromatic heterocycles. The van der Waals surface area contributed by atoms with Crippen molar-refractivity contribution in [1.29, 1.82) is 0 Å². The highest BCUT2D eigenvalue weighted by atomic mass is 79.9. The number of halogens is 1. The van der Waals surface area contributed by atoms with Crippen LogP contribution in [-0.4, -0.2) is 16.7 Å². The molecule has 0 N–H and O–H groups in total. The minimum atomic E-state index is -0.0850. The minimum Gasteiger partial charge on any atom is -0.490 e. The Labute approximate surface area is 165 Å². The molecule has 1 aromatic carbocycles. The fourth-order valence-electron chi connectivity index (χ4n) is 6.58. The molecule has 5 rings (SSSR count). The zero-order valence-corrected chi connectivity index (χ0v) is 17.3. The summed E-state index contributed by atoms with van der Waals surface area (Å²) in [5, 5.41) is 0. The summed E-state index contributed by atoms with van der Waals surface area (Å²) in [6.45, 7) is 2.24. The summed E-state index contributed by atoms with van der Waals surface area (Å²) in [4.78, 5) is 12.8. The molecule has 3 heteroatoms. The molecule has 3 fully saturated rings. The van der Waals surface area contributed by atoms with Crippen LogP contribution in [0.15, 0.2) is 18.2 Å². The number of alkyl halides is 1. The van der Waals surface area contributed by atoms with E-state index in [4.69, 9.17) is 4.74 Å². The van der Waals surface area contributed by atoms with Gasteiger partial charge in [0.25, 0.3) is 0 Å². The van der Waals surface area contributed by atoms with Crippen LogP contribution >= 0.6 is 15.9 Å². The van der Waals surface area contributed by atoms with E-state index in [1.165, 1.54) is 44.1 Å². The van der Waals surface area contributed by atoms with Crippen molar-refractivity contribution in [2.75, 3.05) is 0 Å². The van der Waals surface area contributed by atoms with Gasteiger partial charge in [-0.05, 0) is 98.8 Å². The van der Waals surface area contributed by atoms with Crippen LogP contribution in [0.2, 0.25) is 0 Å². The van der Waals surface area contributed by atoms with Crippen molar-refractivity contribution in [3.63, 3.8) is 0 Å². The molecule has 4 aliphatic rings. The smallest absolute Gasteiger partial charge is 0.152 e. The van der Waals surface area contributed by atoms with Crippen molar-refractivity contribution in [2.45, 2.75) is 81.6 Å². The number of ketones is 1. The second kappa shape index (κ2) is 6.36. The van der Waals surface area contributed by atoms with E-state index in [0.29, 0.717) is 29.6 Å². The van der Waals surface area contributed by atoms with Crippen molar-refractivity contribution in [3.05, 3.63) is 29.3 Å². The molecule has 0 heterocycles. The highest BCUT2D eigenvalue weighted by molar-refractivity contribution is 9.10. The second-order valence-electron chi connectivity index (χ2n) is 9.32. The summed E-state index contributed by atoms with van der Waals surface area (Å²) in [5.74, 6) is 3.41. The molecule has 2 nitrogen and oxygen atoms in total. The largest absolute Gasteiger partial charge is 0.490 e. The molecule has 0 spiro atoms. The molecule has 0 bridgehead atoms. The molecule has 0 aliphatic heterocycles. The lowest BCUT2D eigenvalue weighted by Crippen LogP contribution is -2.42. The third kappa shape index (κ3) is 2.60. The van der Waals surface area contributed by atoms with Gasteiger partial charge in [0.15, 0.2) is 5.78 Å². The Kier molecular flexibility index (Phi) is 4.23. The van der Waals surface area contributed by atoms with Gasteiger partial charge < -0.3 is 4.74 Å². The minimum absolute atomic E-state index is 0.0832. The topological polar surface area (TPSA) is 26.3 Å². The number of rotatable bonds is 2. The first-order chi connectivity index (χ1) is 12.6. The summed E-state index contributed by atoms with van der Waals surface area (Å²) < 4.78 is 6.24. The van der Waals surface area contributed by atoms with Crippen molar-refractivity contribution >= 4 is 21.7 Å². The van der Waals surface area contributed by atoms with Crippen LogP contribution in [0.1, 0.15) is 75.3 Å². The van der Waals surface area contributed by atoms with E-state index in [9.17, 15) is 4.79 Å². The van der Waals surface area contributed by atoms with Crippen LogP contribution in [0.4, 0.5) is 0 Å². The summed E-state index contributed by atoms with van der Waals surface area (Å²) in [6.07, 6.45) is 11.1. The lowest BCUT2D eigenvalue weighted by molar-refractivity contribution is -0.128. The van der Waals surface area contributed by atoms with Crippen LogP contribution in [0.25, 0.3) is 0 Å². The van der Waals surface area contributed by atoms with Crippen LogP contribution in [0, 0.1) is 17.3 Å². The number of ether oxygens (including phenoxy) is 1. The van der Waals surface area contributed by atoms with E-state index in [0.717, 1.165) is 25.0 Å². The van der Waals surface area contributed by atoms with Crippen LogP contribution in [-0.2, 0) is 11.2 Å². The second-order valence-corrected chi connectivity index (χ2v) is 10.4. The van der Waals surface area contributed by atoms with E-state index in [2.05, 4.69) is 41.1 Å². The number of hydrogen-bond acceptors (Lipinski definition) is 2. The molecule has 140 valence electrons. The predicted molar refractivity (Wildman–Crippen MR) is 107 cm³/mol. The molecule has 1 aromatic rings. The summed E-state index contributed by atoms with van der Waals surface area (Å²) >= 11 is 3.66. The zero-order chi connectivity index (χ0) is 17.9. The maximum Gasteiger partial charge on any atom is 0.152 e. The Morgan fingerprint density at radius 3 is 2.77 bits per heavy atom. The number of benzene rings is 1. The molecule has 26 heavy (non-hydrogen) atoms. The van der Waals surface area contributed by atoms with Gasteiger partial charge >= 0.3 is 0 Å². The van der Waals surface area contributed by atoms with Gasteiger partial charge in [0.2, 0.25) is 0 Å². The quantitative estimate of drug-likeness (QED) is 0.568. The SMILES string of the molecule is CC12CCC3c4ccc(OC5CCCC5)cc4CCC3C1C[C@@H](Br)C2=O. The van der Waals surface area contributed by atoms with Gasteiger partial charge in [-0.3, -0.25) is 4.79 Å². The highest BCUT2D eigenvalue weighted by Crippen LogP contribution is 2.60. The Morgan fingerprint density at radius 2 is 1.96 bits per heavy atom. The van der Waals surface area contributed by atoms with Crippen molar-refractivity contribution < 1.29 is 9.53 Å². The number of carbonyl (C=O) groups is 1. The highest BCUT2D eigenvalue weighted by Gasteiger charge is 2.57. The van der Waals surface area contributed by atoms with Gasteiger partial charge in [0.1, 0.15) is 5.75 Å². The predicted octanol–water partition coefficient (Wildman–Crippen LogP) is 5.81. The third-order valence-corrected chi connectivity index (χ3v) is 8.79. The van der Waals surface area contributed by atoms with E-state index in [1.807, 2.05) is 0 Å². The van der Waals surface area contributed by atoms with Gasteiger partial charge in [-0.25, -0.2) is 0 Å². The van der Waals surface area contributed by atoms with Crippen LogP contribution in [0.3, 0.4) is 0 Å². The third-order valence-electron chi connectivity index (χ3n) is 8.00. The lowest BCUT2D eigenvalue weighted by atomic mass is 9.55. The first kappa shape index (κ1) is 17.3. The van der Waals surface area contributed by atoms with Crippen LogP contribution < -0.4 is 4.74 Å². The van der Waals surface area contributed by atoms with E-state index in [1.54, 1.807) is 5.56 Å². The molecule has 0 saturated heterocycles. The standard InChI is InChI=1S/C23H29BrO2/c1-23-11-10-18-17-9-7-16(26-15-4-2-3-5-15)12-14(17)6-8-19(18)20(23)13-21(24)22(23)25/h7,9,12,15,18-21H,2-6,8,10-11,13H2,1H3/t18?,19?,20?,21-,23?/m1/s1. The van der Waals surface area contributed by atoms with Crippen molar-refractivity contribution in [3.8, 4) is 5.75 Å². The van der Waals surface area contributed by atoms with E-state index >= 15 is 0 Å². The average molecular weight is 417 g/mol. The van der Waals surface area contributed by atoms with Gasteiger partial charge in [-0.15, -0.1) is 0 Å². The summed E-state index contributed by atoms with van der Waals surface area (Å²) in [5.41, 5.74) is 2.97. The summed E-state index contributed by atoms with van der Waals surface area (Å²) in [7, 11) is 0. The Hall–Kier alpha value is -0.830.